The highest BCUT2D eigenvalue weighted by atomic mass is 16.2. The molecule has 22 heavy (non-hydrogen) atoms. The maximum Gasteiger partial charge on any atom is 0.271 e. The van der Waals surface area contributed by atoms with E-state index in [1.54, 1.807) is 6.20 Å². The van der Waals surface area contributed by atoms with Crippen molar-refractivity contribution < 1.29 is 9.59 Å². The lowest BCUT2D eigenvalue weighted by atomic mass is 9.84. The van der Waals surface area contributed by atoms with E-state index in [-0.39, 0.29) is 29.8 Å². The van der Waals surface area contributed by atoms with E-state index in [1.165, 1.54) is 0 Å². The van der Waals surface area contributed by atoms with Crippen molar-refractivity contribution in [2.24, 2.45) is 5.92 Å². The van der Waals surface area contributed by atoms with Crippen LogP contribution in [0, 0.1) is 5.92 Å². The molecule has 1 aromatic rings. The minimum Gasteiger partial charge on any atom is -0.348 e. The van der Waals surface area contributed by atoms with Crippen LogP contribution in [0.4, 0.5) is 0 Å². The summed E-state index contributed by atoms with van der Waals surface area (Å²) in [7, 11) is 0. The van der Waals surface area contributed by atoms with Gasteiger partial charge in [-0.25, -0.2) is 4.98 Å². The van der Waals surface area contributed by atoms with Gasteiger partial charge in [-0.2, -0.15) is 0 Å². The molecule has 0 unspecified atom stereocenters. The lowest BCUT2D eigenvalue weighted by Gasteiger charge is -2.38. The Labute approximate surface area is 130 Å². The van der Waals surface area contributed by atoms with Gasteiger partial charge in [0.2, 0.25) is 5.91 Å². The number of aromatic nitrogens is 2. The number of carbonyl (C=O) groups is 2. The van der Waals surface area contributed by atoms with Crippen LogP contribution in [0.5, 0.6) is 0 Å². The molecule has 0 spiro atoms. The predicted octanol–water partition coefficient (Wildman–Crippen LogP) is 1.72. The SMILES string of the molecule is CC(C)NC(=O)c1cn2c(n1)[C@@H](C)N(C(=O)C1CCC1)CC2. The van der Waals surface area contributed by atoms with Crippen LogP contribution in [0.1, 0.15) is 62.4 Å². The van der Waals surface area contributed by atoms with Gasteiger partial charge in [0.25, 0.3) is 5.91 Å². The van der Waals surface area contributed by atoms with E-state index in [0.717, 1.165) is 25.1 Å². The number of imidazole rings is 1. The average molecular weight is 304 g/mol. The largest absolute Gasteiger partial charge is 0.348 e. The Hall–Kier alpha value is -1.85. The van der Waals surface area contributed by atoms with E-state index in [2.05, 4.69) is 10.3 Å². The second-order valence-corrected chi connectivity index (χ2v) is 6.64. The van der Waals surface area contributed by atoms with Gasteiger partial charge in [0.1, 0.15) is 11.5 Å². The summed E-state index contributed by atoms with van der Waals surface area (Å²) >= 11 is 0. The molecular weight excluding hydrogens is 280 g/mol. The molecule has 1 aliphatic carbocycles. The van der Waals surface area contributed by atoms with E-state index in [4.69, 9.17) is 0 Å². The van der Waals surface area contributed by atoms with Crippen molar-refractivity contribution in [3.63, 3.8) is 0 Å². The van der Waals surface area contributed by atoms with Crippen molar-refractivity contribution in [3.05, 3.63) is 17.7 Å². The summed E-state index contributed by atoms with van der Waals surface area (Å²) in [5.41, 5.74) is 0.438. The molecule has 1 aromatic heterocycles. The van der Waals surface area contributed by atoms with Gasteiger partial charge in [0, 0.05) is 31.2 Å². The van der Waals surface area contributed by atoms with Crippen molar-refractivity contribution >= 4 is 11.8 Å². The fourth-order valence-corrected chi connectivity index (χ4v) is 3.13. The zero-order chi connectivity index (χ0) is 15.9. The van der Waals surface area contributed by atoms with Gasteiger partial charge < -0.3 is 14.8 Å². The van der Waals surface area contributed by atoms with Crippen LogP contribution in [-0.4, -0.2) is 38.9 Å². The minimum absolute atomic E-state index is 0.0672. The Morgan fingerprint density at radius 2 is 2.05 bits per heavy atom. The Morgan fingerprint density at radius 3 is 2.64 bits per heavy atom. The Kier molecular flexibility index (Phi) is 3.93. The number of hydrogen-bond acceptors (Lipinski definition) is 3. The molecule has 1 N–H and O–H groups in total. The van der Waals surface area contributed by atoms with Gasteiger partial charge in [0.05, 0.1) is 6.04 Å². The molecule has 1 atom stereocenters. The third-order valence-corrected chi connectivity index (χ3v) is 4.62. The normalized spacial score (nSPS) is 21.5. The molecular formula is C16H24N4O2. The highest BCUT2D eigenvalue weighted by Crippen LogP contribution is 2.33. The van der Waals surface area contributed by atoms with E-state index >= 15 is 0 Å². The molecule has 1 saturated carbocycles. The van der Waals surface area contributed by atoms with Gasteiger partial charge >= 0.3 is 0 Å². The summed E-state index contributed by atoms with van der Waals surface area (Å²) in [6.45, 7) is 7.26. The quantitative estimate of drug-likeness (QED) is 0.924. The van der Waals surface area contributed by atoms with Crippen LogP contribution in [0.25, 0.3) is 0 Å². The molecule has 1 fully saturated rings. The van der Waals surface area contributed by atoms with Gasteiger partial charge in [-0.1, -0.05) is 6.42 Å². The lowest BCUT2D eigenvalue weighted by Crippen LogP contribution is -2.45. The first kappa shape index (κ1) is 15.1. The maximum atomic E-state index is 12.5. The van der Waals surface area contributed by atoms with Crippen molar-refractivity contribution in [2.75, 3.05) is 6.54 Å². The monoisotopic (exact) mass is 304 g/mol. The van der Waals surface area contributed by atoms with Crippen molar-refractivity contribution in [1.29, 1.82) is 0 Å². The van der Waals surface area contributed by atoms with E-state index in [0.29, 0.717) is 18.8 Å². The maximum absolute atomic E-state index is 12.5. The Balaban J connectivity index is 1.77. The molecule has 0 aromatic carbocycles. The number of nitrogens with one attached hydrogen (secondary N) is 1. The minimum atomic E-state index is -0.152. The summed E-state index contributed by atoms with van der Waals surface area (Å²) in [5, 5.41) is 2.86. The molecule has 2 heterocycles. The standard InChI is InChI=1S/C16H24N4O2/c1-10(2)17-15(21)13-9-19-7-8-20(11(3)14(19)18-13)16(22)12-5-4-6-12/h9-12H,4-8H2,1-3H3,(H,17,21)/t11-/m1/s1. The molecule has 0 saturated heterocycles. The fraction of sp³-hybridized carbons (Fsp3) is 0.688. The van der Waals surface area contributed by atoms with Crippen LogP contribution in [0.2, 0.25) is 0 Å². The highest BCUT2D eigenvalue weighted by Gasteiger charge is 2.36. The first-order valence-electron chi connectivity index (χ1n) is 8.15. The Bertz CT molecular complexity index is 589. The van der Waals surface area contributed by atoms with Crippen molar-refractivity contribution in [1.82, 2.24) is 19.8 Å². The first-order chi connectivity index (χ1) is 10.5. The van der Waals surface area contributed by atoms with Crippen LogP contribution in [0.15, 0.2) is 6.20 Å². The van der Waals surface area contributed by atoms with Gasteiger partial charge in [-0.05, 0) is 33.6 Å². The predicted molar refractivity (Wildman–Crippen MR) is 82.3 cm³/mol. The third-order valence-electron chi connectivity index (χ3n) is 4.62. The van der Waals surface area contributed by atoms with Crippen molar-refractivity contribution in [2.45, 2.75) is 58.7 Å². The summed E-state index contributed by atoms with van der Waals surface area (Å²) in [4.78, 5) is 31.0. The zero-order valence-corrected chi connectivity index (χ0v) is 13.5. The first-order valence-corrected chi connectivity index (χ1v) is 8.15. The summed E-state index contributed by atoms with van der Waals surface area (Å²) < 4.78 is 2.00. The van der Waals surface area contributed by atoms with Crippen LogP contribution >= 0.6 is 0 Å². The fourth-order valence-electron chi connectivity index (χ4n) is 3.13. The van der Waals surface area contributed by atoms with Crippen LogP contribution in [0.3, 0.4) is 0 Å². The van der Waals surface area contributed by atoms with Gasteiger partial charge in [0.15, 0.2) is 0 Å². The number of carbonyl (C=O) groups excluding carboxylic acids is 2. The number of hydrogen-bond donors (Lipinski definition) is 1. The summed E-state index contributed by atoms with van der Waals surface area (Å²) in [6.07, 6.45) is 4.98. The number of rotatable bonds is 3. The van der Waals surface area contributed by atoms with E-state index in [1.807, 2.05) is 30.2 Å². The molecule has 6 nitrogen and oxygen atoms in total. The molecule has 120 valence electrons. The lowest BCUT2D eigenvalue weighted by molar-refractivity contribution is -0.141. The molecule has 3 rings (SSSR count). The molecule has 0 radical (unpaired) electrons. The van der Waals surface area contributed by atoms with Gasteiger partial charge in [-0.3, -0.25) is 9.59 Å². The number of nitrogens with zero attached hydrogens (tertiary/aromatic N) is 3. The topological polar surface area (TPSA) is 67.2 Å². The Morgan fingerprint density at radius 1 is 1.32 bits per heavy atom. The second kappa shape index (κ2) is 5.74. The zero-order valence-electron chi connectivity index (χ0n) is 13.5. The van der Waals surface area contributed by atoms with Crippen molar-refractivity contribution in [3.8, 4) is 0 Å². The van der Waals surface area contributed by atoms with Gasteiger partial charge in [-0.15, -0.1) is 0 Å². The molecule has 2 aliphatic rings. The number of amides is 2. The third kappa shape index (κ3) is 2.62. The molecule has 2 amide bonds. The van der Waals surface area contributed by atoms with Crippen LogP contribution in [-0.2, 0) is 11.3 Å². The highest BCUT2D eigenvalue weighted by molar-refractivity contribution is 5.92. The number of fused-ring (bicyclic) bond motifs is 1. The van der Waals surface area contributed by atoms with Crippen LogP contribution < -0.4 is 5.32 Å². The summed E-state index contributed by atoms with van der Waals surface area (Å²) in [6, 6.07) is 0.0165. The van der Waals surface area contributed by atoms with E-state index < -0.39 is 0 Å². The molecule has 0 bridgehead atoms. The second-order valence-electron chi connectivity index (χ2n) is 6.64. The smallest absolute Gasteiger partial charge is 0.271 e. The average Bonchev–Trinajstić information content (AvgIpc) is 2.81. The van der Waals surface area contributed by atoms with E-state index in [9.17, 15) is 9.59 Å². The molecule has 6 heteroatoms. The molecule has 1 aliphatic heterocycles. The summed E-state index contributed by atoms with van der Waals surface area (Å²) in [5.74, 6) is 1.11.